The van der Waals surface area contributed by atoms with Gasteiger partial charge in [0.2, 0.25) is 0 Å². The van der Waals surface area contributed by atoms with Gasteiger partial charge < -0.3 is 9.79 Å². The second kappa shape index (κ2) is 5.15. The van der Waals surface area contributed by atoms with Gasteiger partial charge in [-0.05, 0) is 11.8 Å². The van der Waals surface area contributed by atoms with E-state index >= 15 is 0 Å². The Kier molecular flexibility index (Phi) is 5.36. The topological polar surface area (TPSA) is 81.6 Å². The number of rotatable bonds is 5. The third kappa shape index (κ3) is 10.4. The van der Waals surface area contributed by atoms with Crippen LogP contribution in [0.3, 0.4) is 0 Å². The third-order valence-corrected chi connectivity index (χ3v) is 2.72. The molecule has 0 aromatic rings. The lowest BCUT2D eigenvalue weighted by Crippen LogP contribution is -2.16. The lowest BCUT2D eigenvalue weighted by Gasteiger charge is -2.06. The fourth-order valence-electron chi connectivity index (χ4n) is 0.185. The molecule has 0 aromatic heterocycles. The zero-order valence-electron chi connectivity index (χ0n) is 5.15. The van der Waals surface area contributed by atoms with Gasteiger partial charge in [-0.1, -0.05) is 0 Å². The molecule has 0 aliphatic heterocycles. The van der Waals surface area contributed by atoms with Gasteiger partial charge in [0, 0.05) is 12.1 Å². The van der Waals surface area contributed by atoms with Gasteiger partial charge in [0.05, 0.1) is 6.54 Å². The van der Waals surface area contributed by atoms with Gasteiger partial charge in [0.15, 0.2) is 0 Å². The van der Waals surface area contributed by atoms with E-state index in [0.717, 1.165) is 0 Å². The molecule has 0 atom stereocenters. The van der Waals surface area contributed by atoms with Crippen molar-refractivity contribution >= 4 is 36.6 Å². The highest BCUT2D eigenvalue weighted by Gasteiger charge is 2.05. The highest BCUT2D eigenvalue weighted by atomic mass is 32.5. The summed E-state index contributed by atoms with van der Waals surface area (Å²) in [5.41, 5.74) is 0. The quantitative estimate of drug-likeness (QED) is 0.214. The number of hydrogen-bond donors (Lipinski definition) is 4. The van der Waals surface area contributed by atoms with Crippen LogP contribution in [-0.4, -0.2) is 22.4 Å². The summed E-state index contributed by atoms with van der Waals surface area (Å²) in [4.78, 5) is 26.7. The van der Waals surface area contributed by atoms with Gasteiger partial charge in [-0.25, -0.2) is 4.72 Å². The molecule has 0 aliphatic carbocycles. The summed E-state index contributed by atoms with van der Waals surface area (Å²) in [6, 6.07) is -1.54. The fourth-order valence-corrected chi connectivity index (χ4v) is 1.44. The van der Waals surface area contributed by atoms with Crippen molar-refractivity contribution in [2.75, 3.05) is 6.54 Å². The molecule has 0 amide bonds. The molecule has 0 unspecified atom stereocenters. The van der Waals surface area contributed by atoms with Crippen LogP contribution in [0.5, 0.6) is 0 Å². The summed E-state index contributed by atoms with van der Waals surface area (Å²) in [5, 5.41) is 0. The van der Waals surface area contributed by atoms with Gasteiger partial charge in [-0.15, -0.1) is 0 Å². The van der Waals surface area contributed by atoms with Crippen molar-refractivity contribution < 1.29 is 19.0 Å². The first kappa shape index (κ1) is 11.4. The van der Waals surface area contributed by atoms with Crippen molar-refractivity contribution in [3.05, 3.63) is 0 Å². The second-order valence-electron chi connectivity index (χ2n) is 1.41. The standard InChI is InChI=1S/C2H6FN2O3PS2/c3-2(6)1-4-11-5-9(7,8)10/h4H,1H2,(H3,5,7,8,10). The summed E-state index contributed by atoms with van der Waals surface area (Å²) in [5.74, 6) is 0. The van der Waals surface area contributed by atoms with E-state index in [2.05, 4.69) is 16.5 Å². The van der Waals surface area contributed by atoms with Gasteiger partial charge in [-0.3, -0.25) is 4.79 Å². The van der Waals surface area contributed by atoms with Crippen molar-refractivity contribution in [1.82, 2.24) is 9.21 Å². The summed E-state index contributed by atoms with van der Waals surface area (Å²) in [7, 11) is 0. The molecule has 0 rings (SSSR count). The molecule has 0 spiro atoms. The lowest BCUT2D eigenvalue weighted by atomic mass is 10.7. The Hall–Kier alpha value is 0.440. The van der Waals surface area contributed by atoms with E-state index in [1.54, 1.807) is 0 Å². The van der Waals surface area contributed by atoms with Crippen molar-refractivity contribution in [1.29, 1.82) is 0 Å². The Labute approximate surface area is 71.9 Å². The molecule has 0 radical (unpaired) electrons. The predicted molar refractivity (Wildman–Crippen MR) is 43.6 cm³/mol. The molecule has 4 N–H and O–H groups in total. The molecular weight excluding hydrogens is 214 g/mol. The number of hydrogen-bond acceptors (Lipinski definition) is 4. The summed E-state index contributed by atoms with van der Waals surface area (Å²) in [6.07, 6.45) is 0. The average molecular weight is 220 g/mol. The predicted octanol–water partition coefficient (Wildman–Crippen LogP) is -0.566. The summed E-state index contributed by atoms with van der Waals surface area (Å²) in [6.45, 7) is -3.98. The Morgan fingerprint density at radius 2 is 2.27 bits per heavy atom. The first-order valence-corrected chi connectivity index (χ1v) is 5.84. The average Bonchev–Trinajstić information content (AvgIpc) is 1.78. The van der Waals surface area contributed by atoms with Crippen LogP contribution in [0.15, 0.2) is 0 Å². The number of halogens is 1. The maximum atomic E-state index is 11.4. The first-order valence-electron chi connectivity index (χ1n) is 2.31. The molecule has 0 aromatic carbocycles. The van der Waals surface area contributed by atoms with Gasteiger partial charge >= 0.3 is 6.04 Å². The monoisotopic (exact) mass is 220 g/mol. The maximum Gasteiger partial charge on any atom is 0.316 e. The van der Waals surface area contributed by atoms with E-state index in [1.165, 1.54) is 0 Å². The normalized spacial score (nSPS) is 11.5. The minimum absolute atomic E-state index is 0.507. The smallest absolute Gasteiger partial charge is 0.316 e. The van der Waals surface area contributed by atoms with Crippen LogP contribution in [0.1, 0.15) is 0 Å². The van der Waals surface area contributed by atoms with Crippen LogP contribution < -0.4 is 9.21 Å². The van der Waals surface area contributed by atoms with Gasteiger partial charge in [-0.2, -0.15) is 8.88 Å². The Morgan fingerprint density at radius 1 is 1.73 bits per heavy atom. The van der Waals surface area contributed by atoms with Crippen molar-refractivity contribution in [2.24, 2.45) is 0 Å². The van der Waals surface area contributed by atoms with E-state index in [-0.39, 0.29) is 0 Å². The molecule has 9 heteroatoms. The van der Waals surface area contributed by atoms with E-state index in [9.17, 15) is 9.18 Å². The molecule has 0 bridgehead atoms. The highest BCUT2D eigenvalue weighted by molar-refractivity contribution is 8.14. The SMILES string of the molecule is O=C(F)CNSNP(O)(O)=S. The summed E-state index contributed by atoms with van der Waals surface area (Å²) >= 11 is 4.71. The molecule has 5 nitrogen and oxygen atoms in total. The van der Waals surface area contributed by atoms with Crippen LogP contribution in [-0.2, 0) is 16.6 Å². The van der Waals surface area contributed by atoms with Crippen LogP contribution in [0.25, 0.3) is 0 Å². The number of nitrogens with one attached hydrogen (secondary N) is 2. The summed E-state index contributed by atoms with van der Waals surface area (Å²) < 4.78 is 15.6. The third-order valence-electron chi connectivity index (χ3n) is 0.448. The minimum Gasteiger partial charge on any atom is -0.333 e. The van der Waals surface area contributed by atoms with Crippen LogP contribution in [0, 0.1) is 0 Å². The maximum absolute atomic E-state index is 11.4. The Bertz CT molecular complexity index is 184. The molecule has 0 heterocycles. The Morgan fingerprint density at radius 3 is 2.64 bits per heavy atom. The van der Waals surface area contributed by atoms with E-state index < -0.39 is 19.2 Å². The number of carbonyl (C=O) groups is 1. The molecule has 0 saturated carbocycles. The van der Waals surface area contributed by atoms with Crippen molar-refractivity contribution in [3.63, 3.8) is 0 Å². The second-order valence-corrected chi connectivity index (χ2v) is 5.25. The van der Waals surface area contributed by atoms with Crippen LogP contribution in [0.2, 0.25) is 0 Å². The van der Waals surface area contributed by atoms with Crippen LogP contribution >= 0.6 is 18.8 Å². The van der Waals surface area contributed by atoms with E-state index in [4.69, 9.17) is 9.79 Å². The zero-order valence-corrected chi connectivity index (χ0v) is 7.68. The largest absolute Gasteiger partial charge is 0.333 e. The van der Waals surface area contributed by atoms with E-state index in [1.807, 2.05) is 4.49 Å². The van der Waals surface area contributed by atoms with Gasteiger partial charge in [0.25, 0.3) is 6.64 Å². The molecule has 0 saturated heterocycles. The molecule has 66 valence electrons. The minimum atomic E-state index is -3.48. The Balaban J connectivity index is 3.29. The van der Waals surface area contributed by atoms with E-state index in [0.29, 0.717) is 12.1 Å². The van der Waals surface area contributed by atoms with Crippen LogP contribution in [0.4, 0.5) is 4.39 Å². The fraction of sp³-hybridized carbons (Fsp3) is 0.500. The highest BCUT2D eigenvalue weighted by Crippen LogP contribution is 2.30. The zero-order chi connectivity index (χ0) is 8.91. The molecule has 0 fully saturated rings. The molecule has 0 aliphatic rings. The van der Waals surface area contributed by atoms with Crippen molar-refractivity contribution in [3.8, 4) is 0 Å². The number of carbonyl (C=O) groups excluding carboxylic acids is 1. The molecule has 11 heavy (non-hydrogen) atoms. The van der Waals surface area contributed by atoms with Crippen molar-refractivity contribution in [2.45, 2.75) is 0 Å². The molecular formula is C2H6FN2O3PS2. The first-order chi connectivity index (χ1) is 4.92. The van der Waals surface area contributed by atoms with Gasteiger partial charge in [0.1, 0.15) is 0 Å². The lowest BCUT2D eigenvalue weighted by molar-refractivity contribution is -0.127.